The number of aromatic amines is 1. The highest BCUT2D eigenvalue weighted by Gasteiger charge is 2.07. The van der Waals surface area contributed by atoms with Crippen LogP contribution in [0.5, 0.6) is 0 Å². The van der Waals surface area contributed by atoms with Gasteiger partial charge in [-0.15, -0.1) is 0 Å². The van der Waals surface area contributed by atoms with E-state index < -0.39 is 0 Å². The molecule has 3 rings (SSSR count). The number of aryl methyl sites for hydroxylation is 1. The summed E-state index contributed by atoms with van der Waals surface area (Å²) in [7, 11) is 0. The lowest BCUT2D eigenvalue weighted by Gasteiger charge is -1.99. The number of nitrogens with two attached hydrogens (primary N) is 1. The minimum Gasteiger partial charge on any atom is -0.382 e. The van der Waals surface area contributed by atoms with Gasteiger partial charge >= 0.3 is 0 Å². The van der Waals surface area contributed by atoms with E-state index in [0.29, 0.717) is 5.82 Å². The topological polar surface area (TPSA) is 67.6 Å². The van der Waals surface area contributed by atoms with Gasteiger partial charge in [-0.2, -0.15) is 0 Å². The van der Waals surface area contributed by atoms with Crippen LogP contribution in [0.15, 0.2) is 36.8 Å². The average molecular weight is 224 g/mol. The van der Waals surface area contributed by atoms with Crippen LogP contribution in [-0.2, 0) is 0 Å². The van der Waals surface area contributed by atoms with Gasteiger partial charge in [-0.1, -0.05) is 11.6 Å². The Morgan fingerprint density at radius 1 is 1.18 bits per heavy atom. The standard InChI is InChI=1S/C13H12N4/c1-8-2-3-11-9(4-8)10(5-15-11)12-6-17-13(14)7-16-12/h2-7,15H,1H3,(H2,14,17). The molecule has 0 unspecified atom stereocenters. The monoisotopic (exact) mass is 224 g/mol. The Morgan fingerprint density at radius 2 is 2.06 bits per heavy atom. The van der Waals surface area contributed by atoms with Gasteiger partial charge in [0.2, 0.25) is 0 Å². The first kappa shape index (κ1) is 9.84. The average Bonchev–Trinajstić information content (AvgIpc) is 2.73. The third-order valence-electron chi connectivity index (χ3n) is 2.79. The molecule has 2 aromatic heterocycles. The zero-order chi connectivity index (χ0) is 11.8. The quantitative estimate of drug-likeness (QED) is 0.667. The van der Waals surface area contributed by atoms with E-state index in [-0.39, 0.29) is 0 Å². The van der Waals surface area contributed by atoms with Crippen molar-refractivity contribution in [3.05, 3.63) is 42.4 Å². The first-order chi connectivity index (χ1) is 8.24. The molecule has 0 saturated heterocycles. The zero-order valence-corrected chi connectivity index (χ0v) is 9.44. The molecule has 84 valence electrons. The predicted molar refractivity (Wildman–Crippen MR) is 68.5 cm³/mol. The number of nitrogen functional groups attached to an aromatic ring is 1. The van der Waals surface area contributed by atoms with Crippen molar-refractivity contribution in [1.29, 1.82) is 0 Å². The van der Waals surface area contributed by atoms with Gasteiger partial charge in [0.1, 0.15) is 5.82 Å². The summed E-state index contributed by atoms with van der Waals surface area (Å²) in [6.45, 7) is 2.07. The van der Waals surface area contributed by atoms with Crippen LogP contribution >= 0.6 is 0 Å². The van der Waals surface area contributed by atoms with E-state index in [4.69, 9.17) is 5.73 Å². The molecular weight excluding hydrogens is 212 g/mol. The van der Waals surface area contributed by atoms with Crippen LogP contribution in [0.25, 0.3) is 22.2 Å². The molecule has 4 heteroatoms. The van der Waals surface area contributed by atoms with Crippen molar-refractivity contribution in [3.63, 3.8) is 0 Å². The van der Waals surface area contributed by atoms with E-state index in [0.717, 1.165) is 22.2 Å². The van der Waals surface area contributed by atoms with Crippen molar-refractivity contribution in [1.82, 2.24) is 15.0 Å². The molecule has 0 fully saturated rings. The molecule has 0 saturated carbocycles. The highest BCUT2D eigenvalue weighted by Crippen LogP contribution is 2.27. The number of H-pyrrole nitrogens is 1. The molecule has 1 aromatic carbocycles. The molecule has 4 nitrogen and oxygen atoms in total. The normalized spacial score (nSPS) is 10.9. The second-order valence-electron chi connectivity index (χ2n) is 4.08. The number of nitrogens with one attached hydrogen (secondary N) is 1. The maximum atomic E-state index is 5.54. The summed E-state index contributed by atoms with van der Waals surface area (Å²) >= 11 is 0. The molecule has 0 atom stereocenters. The second kappa shape index (κ2) is 3.59. The van der Waals surface area contributed by atoms with Gasteiger partial charge in [-0.3, -0.25) is 4.98 Å². The van der Waals surface area contributed by atoms with Gasteiger partial charge in [0.15, 0.2) is 0 Å². The van der Waals surface area contributed by atoms with Gasteiger partial charge in [-0.05, 0) is 19.1 Å². The van der Waals surface area contributed by atoms with E-state index in [2.05, 4.69) is 40.1 Å². The van der Waals surface area contributed by atoms with E-state index in [1.165, 1.54) is 5.56 Å². The van der Waals surface area contributed by atoms with E-state index in [9.17, 15) is 0 Å². The van der Waals surface area contributed by atoms with Crippen LogP contribution in [0.2, 0.25) is 0 Å². The molecule has 0 aliphatic rings. The van der Waals surface area contributed by atoms with Crippen LogP contribution in [0.4, 0.5) is 5.82 Å². The van der Waals surface area contributed by atoms with Crippen molar-refractivity contribution in [2.24, 2.45) is 0 Å². The number of hydrogen-bond acceptors (Lipinski definition) is 3. The maximum Gasteiger partial charge on any atom is 0.141 e. The molecule has 0 amide bonds. The van der Waals surface area contributed by atoms with Crippen molar-refractivity contribution in [2.45, 2.75) is 6.92 Å². The summed E-state index contributed by atoms with van der Waals surface area (Å²) in [5.41, 5.74) is 9.74. The number of fused-ring (bicyclic) bond motifs is 1. The lowest BCUT2D eigenvalue weighted by molar-refractivity contribution is 1.22. The van der Waals surface area contributed by atoms with E-state index in [1.807, 2.05) is 6.20 Å². The Kier molecular flexibility index (Phi) is 2.08. The minimum absolute atomic E-state index is 0.435. The SMILES string of the molecule is Cc1ccc2[nH]cc(-c3cnc(N)cn3)c2c1. The van der Waals surface area contributed by atoms with Crippen molar-refractivity contribution in [2.75, 3.05) is 5.73 Å². The number of anilines is 1. The van der Waals surface area contributed by atoms with Crippen LogP contribution in [0.1, 0.15) is 5.56 Å². The second-order valence-corrected chi connectivity index (χ2v) is 4.08. The molecule has 0 aliphatic heterocycles. The van der Waals surface area contributed by atoms with Crippen LogP contribution in [0, 0.1) is 6.92 Å². The van der Waals surface area contributed by atoms with Gasteiger partial charge in [-0.25, -0.2) is 4.98 Å². The molecule has 3 N–H and O–H groups in total. The molecular formula is C13H12N4. The summed E-state index contributed by atoms with van der Waals surface area (Å²) in [4.78, 5) is 11.6. The lowest BCUT2D eigenvalue weighted by Crippen LogP contribution is -1.91. The van der Waals surface area contributed by atoms with Crippen molar-refractivity contribution >= 4 is 16.7 Å². The summed E-state index contributed by atoms with van der Waals surface area (Å²) in [6, 6.07) is 6.29. The lowest BCUT2D eigenvalue weighted by atomic mass is 10.1. The summed E-state index contributed by atoms with van der Waals surface area (Å²) in [5.74, 6) is 0.435. The number of nitrogens with zero attached hydrogens (tertiary/aromatic N) is 2. The van der Waals surface area contributed by atoms with Gasteiger partial charge in [0.05, 0.1) is 18.1 Å². The minimum atomic E-state index is 0.435. The Balaban J connectivity index is 2.23. The van der Waals surface area contributed by atoms with Gasteiger partial charge < -0.3 is 10.7 Å². The molecule has 0 spiro atoms. The smallest absolute Gasteiger partial charge is 0.141 e. The number of hydrogen-bond donors (Lipinski definition) is 2. The van der Waals surface area contributed by atoms with Gasteiger partial charge in [0.25, 0.3) is 0 Å². The Morgan fingerprint density at radius 3 is 2.82 bits per heavy atom. The fourth-order valence-corrected chi connectivity index (χ4v) is 1.92. The first-order valence-electron chi connectivity index (χ1n) is 5.40. The summed E-state index contributed by atoms with van der Waals surface area (Å²) in [5, 5.41) is 1.16. The predicted octanol–water partition coefficient (Wildman–Crippen LogP) is 2.52. The molecule has 0 bridgehead atoms. The third kappa shape index (κ3) is 1.63. The van der Waals surface area contributed by atoms with Crippen molar-refractivity contribution < 1.29 is 0 Å². The largest absolute Gasteiger partial charge is 0.382 e. The van der Waals surface area contributed by atoms with Gasteiger partial charge in [0, 0.05) is 22.7 Å². The molecule has 2 heterocycles. The highest BCUT2D eigenvalue weighted by molar-refractivity contribution is 5.94. The zero-order valence-electron chi connectivity index (χ0n) is 9.44. The van der Waals surface area contributed by atoms with Crippen LogP contribution < -0.4 is 5.73 Å². The number of aromatic nitrogens is 3. The van der Waals surface area contributed by atoms with Crippen molar-refractivity contribution in [3.8, 4) is 11.3 Å². The Bertz CT molecular complexity index is 667. The molecule has 0 radical (unpaired) electrons. The summed E-state index contributed by atoms with van der Waals surface area (Å²) in [6.07, 6.45) is 5.22. The molecule has 17 heavy (non-hydrogen) atoms. The third-order valence-corrected chi connectivity index (χ3v) is 2.79. The van der Waals surface area contributed by atoms with E-state index in [1.54, 1.807) is 12.4 Å². The molecule has 0 aliphatic carbocycles. The van der Waals surface area contributed by atoms with Crippen LogP contribution in [-0.4, -0.2) is 15.0 Å². The molecule has 3 aromatic rings. The highest BCUT2D eigenvalue weighted by atomic mass is 14.9. The maximum absolute atomic E-state index is 5.54. The fraction of sp³-hybridized carbons (Fsp3) is 0.0769. The fourth-order valence-electron chi connectivity index (χ4n) is 1.92. The Hall–Kier alpha value is -2.36. The van der Waals surface area contributed by atoms with E-state index >= 15 is 0 Å². The number of benzene rings is 1. The first-order valence-corrected chi connectivity index (χ1v) is 5.40. The number of rotatable bonds is 1. The Labute approximate surface area is 98.5 Å². The van der Waals surface area contributed by atoms with Crippen LogP contribution in [0.3, 0.4) is 0 Å². The summed E-state index contributed by atoms with van der Waals surface area (Å²) < 4.78 is 0.